The van der Waals surface area contributed by atoms with Crippen molar-refractivity contribution in [1.29, 1.82) is 0 Å². The van der Waals surface area contributed by atoms with Crippen molar-refractivity contribution in [3.63, 3.8) is 0 Å². The molecule has 0 bridgehead atoms. The molecule has 260 valence electrons. The summed E-state index contributed by atoms with van der Waals surface area (Å²) in [6.07, 6.45) is 23.8. The summed E-state index contributed by atoms with van der Waals surface area (Å²) in [5.74, 6) is 0.0630. The molecule has 0 aromatic rings. The van der Waals surface area contributed by atoms with E-state index >= 15 is 0 Å². The monoisotopic (exact) mass is 628 g/mol. The molecule has 1 N–H and O–H groups in total. The van der Waals surface area contributed by atoms with Crippen LogP contribution in [0.15, 0.2) is 12.3 Å². The summed E-state index contributed by atoms with van der Waals surface area (Å²) in [5.41, 5.74) is 0. The predicted molar refractivity (Wildman–Crippen MR) is 180 cm³/mol. The van der Waals surface area contributed by atoms with Crippen LogP contribution in [0.5, 0.6) is 0 Å². The summed E-state index contributed by atoms with van der Waals surface area (Å²) in [5, 5.41) is 22.6. The molecule has 0 fully saturated rings. The van der Waals surface area contributed by atoms with Crippen LogP contribution in [0, 0.1) is 5.21 Å². The van der Waals surface area contributed by atoms with Crippen molar-refractivity contribution in [2.75, 3.05) is 46.1 Å². The Morgan fingerprint density at radius 3 is 1.50 bits per heavy atom. The Hall–Kier alpha value is -1.64. The van der Waals surface area contributed by atoms with E-state index in [0.29, 0.717) is 44.9 Å². The van der Waals surface area contributed by atoms with Crippen LogP contribution in [-0.4, -0.2) is 67.8 Å². The molecule has 1 atom stereocenters. The molecule has 0 radical (unpaired) electrons. The van der Waals surface area contributed by atoms with E-state index in [1.165, 1.54) is 70.6 Å². The van der Waals surface area contributed by atoms with E-state index in [4.69, 9.17) is 14.2 Å². The van der Waals surface area contributed by atoms with Gasteiger partial charge >= 0.3 is 11.9 Å². The quantitative estimate of drug-likeness (QED) is 0.0250. The van der Waals surface area contributed by atoms with Crippen LogP contribution < -0.4 is 0 Å². The second-order valence-corrected chi connectivity index (χ2v) is 12.4. The Morgan fingerprint density at radius 1 is 0.568 bits per heavy atom. The standard InChI is InChI=1S/C36H69NO7/c1-4-6-8-10-12-13-14-16-23-31-42-35(39)26-20-18-22-28-37(41,29-30-38)27-21-17-19-25-34(3)44-33-36(40)43-32-24-15-11-9-7-5-2/h38H,3-33H2,1-2H3. The smallest absolute Gasteiger partial charge is 0.344 e. The molecule has 0 aromatic heterocycles. The number of quaternary nitrogens is 1. The third-order valence-corrected chi connectivity index (χ3v) is 8.14. The van der Waals surface area contributed by atoms with Gasteiger partial charge < -0.3 is 29.2 Å². The molecule has 8 heteroatoms. The Bertz CT molecular complexity index is 687. The highest BCUT2D eigenvalue weighted by molar-refractivity contribution is 5.70. The zero-order chi connectivity index (χ0) is 32.6. The third kappa shape index (κ3) is 29.1. The lowest BCUT2D eigenvalue weighted by molar-refractivity contribution is -0.881. The maximum absolute atomic E-state index is 13.2. The Morgan fingerprint density at radius 2 is 1.00 bits per heavy atom. The van der Waals surface area contributed by atoms with Crippen molar-refractivity contribution < 1.29 is 33.6 Å². The number of rotatable bonds is 34. The minimum Gasteiger partial charge on any atom is -0.633 e. The molecule has 0 rings (SSSR count). The van der Waals surface area contributed by atoms with E-state index in [-0.39, 0.29) is 31.7 Å². The third-order valence-electron chi connectivity index (χ3n) is 8.14. The van der Waals surface area contributed by atoms with Gasteiger partial charge in [-0.1, -0.05) is 104 Å². The van der Waals surface area contributed by atoms with Crippen molar-refractivity contribution in [3.8, 4) is 0 Å². The van der Waals surface area contributed by atoms with Crippen molar-refractivity contribution in [3.05, 3.63) is 17.5 Å². The van der Waals surface area contributed by atoms with Gasteiger partial charge in [0.1, 0.15) is 6.54 Å². The van der Waals surface area contributed by atoms with Gasteiger partial charge in [0.15, 0.2) is 6.61 Å². The summed E-state index contributed by atoms with van der Waals surface area (Å²) < 4.78 is 15.6. The predicted octanol–water partition coefficient (Wildman–Crippen LogP) is 8.92. The first-order valence-electron chi connectivity index (χ1n) is 18.2. The molecular weight excluding hydrogens is 558 g/mol. The van der Waals surface area contributed by atoms with E-state index in [9.17, 15) is 19.9 Å². The zero-order valence-electron chi connectivity index (χ0n) is 28.8. The number of allylic oxidation sites excluding steroid dienone is 1. The van der Waals surface area contributed by atoms with Gasteiger partial charge in [0.05, 0.1) is 38.7 Å². The highest BCUT2D eigenvalue weighted by Gasteiger charge is 2.16. The zero-order valence-corrected chi connectivity index (χ0v) is 28.8. The molecule has 0 aliphatic heterocycles. The Kier molecular flexibility index (Phi) is 30.2. The fourth-order valence-corrected chi connectivity index (χ4v) is 5.28. The van der Waals surface area contributed by atoms with Crippen molar-refractivity contribution in [2.24, 2.45) is 0 Å². The first-order valence-corrected chi connectivity index (χ1v) is 18.2. The van der Waals surface area contributed by atoms with Crippen LogP contribution in [0.1, 0.15) is 162 Å². The van der Waals surface area contributed by atoms with Gasteiger partial charge in [-0.2, -0.15) is 0 Å². The van der Waals surface area contributed by atoms with Gasteiger partial charge in [0.25, 0.3) is 0 Å². The average Bonchev–Trinajstić information content (AvgIpc) is 3.00. The molecule has 0 saturated heterocycles. The van der Waals surface area contributed by atoms with Crippen molar-refractivity contribution >= 4 is 11.9 Å². The minimum atomic E-state index is -0.401. The molecular formula is C36H69NO7. The average molecular weight is 628 g/mol. The number of aliphatic hydroxyl groups is 1. The molecule has 0 spiro atoms. The Labute approximate surface area is 270 Å². The van der Waals surface area contributed by atoms with Crippen LogP contribution in [0.25, 0.3) is 0 Å². The number of unbranched alkanes of at least 4 members (excludes halogenated alkanes) is 17. The summed E-state index contributed by atoms with van der Waals surface area (Å²) in [6, 6.07) is 0. The Balaban J connectivity index is 3.80. The van der Waals surface area contributed by atoms with Crippen LogP contribution >= 0.6 is 0 Å². The van der Waals surface area contributed by atoms with E-state index < -0.39 is 4.65 Å². The highest BCUT2D eigenvalue weighted by Crippen LogP contribution is 2.15. The second-order valence-electron chi connectivity index (χ2n) is 12.4. The maximum atomic E-state index is 13.2. The first kappa shape index (κ1) is 42.4. The first-order chi connectivity index (χ1) is 21.4. The molecule has 0 aliphatic carbocycles. The van der Waals surface area contributed by atoms with E-state index in [1.807, 2.05) is 0 Å². The minimum absolute atomic E-state index is 0.108. The molecule has 0 amide bonds. The van der Waals surface area contributed by atoms with Gasteiger partial charge in [-0.3, -0.25) is 4.79 Å². The summed E-state index contributed by atoms with van der Waals surface area (Å²) in [6.45, 7) is 10.1. The molecule has 0 heterocycles. The van der Waals surface area contributed by atoms with Crippen molar-refractivity contribution in [1.82, 2.24) is 0 Å². The van der Waals surface area contributed by atoms with Crippen LogP contribution in [-0.2, 0) is 23.8 Å². The largest absolute Gasteiger partial charge is 0.633 e. The van der Waals surface area contributed by atoms with Gasteiger partial charge in [-0.05, 0) is 51.4 Å². The summed E-state index contributed by atoms with van der Waals surface area (Å²) in [7, 11) is 0. The number of hydrogen-bond donors (Lipinski definition) is 1. The molecule has 44 heavy (non-hydrogen) atoms. The van der Waals surface area contributed by atoms with Gasteiger partial charge in [-0.15, -0.1) is 0 Å². The summed E-state index contributed by atoms with van der Waals surface area (Å²) >= 11 is 0. The number of nitrogens with zero attached hydrogens (tertiary/aromatic N) is 1. The number of hydrogen-bond acceptors (Lipinski definition) is 7. The molecule has 1 unspecified atom stereocenters. The number of ether oxygens (including phenoxy) is 3. The number of esters is 2. The van der Waals surface area contributed by atoms with E-state index in [1.54, 1.807) is 0 Å². The van der Waals surface area contributed by atoms with Crippen LogP contribution in [0.4, 0.5) is 0 Å². The van der Waals surface area contributed by atoms with E-state index in [0.717, 1.165) is 64.2 Å². The van der Waals surface area contributed by atoms with Crippen LogP contribution in [0.2, 0.25) is 0 Å². The van der Waals surface area contributed by atoms with Crippen LogP contribution in [0.3, 0.4) is 0 Å². The fourth-order valence-electron chi connectivity index (χ4n) is 5.28. The number of carbonyl (C=O) groups excluding carboxylic acids is 2. The SMILES string of the molecule is C=C(CCCCC[N+]([O-])(CCO)CCCCCC(=O)OCCCCCCCCCCC)OCC(=O)OCCCCCCCC. The van der Waals surface area contributed by atoms with Gasteiger partial charge in [0.2, 0.25) is 0 Å². The number of aliphatic hydroxyl groups excluding tert-OH is 1. The lowest BCUT2D eigenvalue weighted by atomic mass is 10.1. The van der Waals surface area contributed by atoms with Gasteiger partial charge in [0, 0.05) is 12.8 Å². The number of hydroxylamine groups is 3. The number of carbonyl (C=O) groups is 2. The second kappa shape index (κ2) is 31.3. The normalized spacial score (nSPS) is 12.5. The summed E-state index contributed by atoms with van der Waals surface area (Å²) in [4.78, 5) is 23.8. The molecule has 8 nitrogen and oxygen atoms in total. The molecule has 0 aliphatic rings. The topological polar surface area (TPSA) is 105 Å². The van der Waals surface area contributed by atoms with Gasteiger partial charge in [-0.25, -0.2) is 4.79 Å². The fraction of sp³-hybridized carbons (Fsp3) is 0.889. The molecule has 0 saturated carbocycles. The lowest BCUT2D eigenvalue weighted by Gasteiger charge is -2.42. The maximum Gasteiger partial charge on any atom is 0.344 e. The lowest BCUT2D eigenvalue weighted by Crippen LogP contribution is -2.45. The highest BCUT2D eigenvalue weighted by atomic mass is 16.6. The van der Waals surface area contributed by atoms with E-state index in [2.05, 4.69) is 20.4 Å². The van der Waals surface area contributed by atoms with Crippen molar-refractivity contribution in [2.45, 2.75) is 162 Å². The molecule has 0 aromatic carbocycles.